The molecule has 2 rings (SSSR count). The molecule has 0 saturated carbocycles. The van der Waals surface area contributed by atoms with Gasteiger partial charge in [-0.05, 0) is 44.7 Å². The number of nitrogens with two attached hydrogens (primary N) is 1. The molecule has 1 fully saturated rings. The molecule has 2 heteroatoms. The lowest BCUT2D eigenvalue weighted by molar-refractivity contribution is 0.712. The lowest BCUT2D eigenvalue weighted by Crippen LogP contribution is -2.28. The number of hydrogen-bond donors (Lipinski definition) is 1. The molecule has 0 bridgehead atoms. The normalized spacial score (nSPS) is 22.4. The van der Waals surface area contributed by atoms with Crippen molar-refractivity contribution in [1.82, 2.24) is 0 Å². The summed E-state index contributed by atoms with van der Waals surface area (Å²) in [5.74, 6) is 0. The SMILES string of the molecule is CC(N)Cc1ccccc1N1CCCC1C. The Labute approximate surface area is 98.4 Å². The zero-order valence-electron chi connectivity index (χ0n) is 10.3. The maximum atomic E-state index is 5.91. The Morgan fingerprint density at radius 2 is 2.19 bits per heavy atom. The Morgan fingerprint density at radius 1 is 1.44 bits per heavy atom. The van der Waals surface area contributed by atoms with Gasteiger partial charge >= 0.3 is 0 Å². The predicted octanol–water partition coefficient (Wildman–Crippen LogP) is 2.57. The standard InChI is InChI=1S/C14H22N2/c1-11(15)10-13-7-3-4-8-14(13)16-9-5-6-12(16)2/h3-4,7-8,11-12H,5-6,9-10,15H2,1-2H3. The van der Waals surface area contributed by atoms with Gasteiger partial charge in [0.15, 0.2) is 0 Å². The second-order valence-electron chi connectivity index (χ2n) is 4.99. The molecule has 1 saturated heterocycles. The van der Waals surface area contributed by atoms with E-state index in [1.165, 1.54) is 30.6 Å². The van der Waals surface area contributed by atoms with Crippen LogP contribution in [0.4, 0.5) is 5.69 Å². The predicted molar refractivity (Wildman–Crippen MR) is 69.8 cm³/mol. The lowest BCUT2D eigenvalue weighted by Gasteiger charge is -2.27. The summed E-state index contributed by atoms with van der Waals surface area (Å²) in [5, 5.41) is 0. The van der Waals surface area contributed by atoms with Crippen LogP contribution in [-0.4, -0.2) is 18.6 Å². The highest BCUT2D eigenvalue weighted by atomic mass is 15.2. The summed E-state index contributed by atoms with van der Waals surface area (Å²) in [6.07, 6.45) is 3.60. The number of nitrogens with zero attached hydrogens (tertiary/aromatic N) is 1. The molecule has 1 aliphatic rings. The van der Waals surface area contributed by atoms with Gasteiger partial charge in [0.25, 0.3) is 0 Å². The zero-order valence-corrected chi connectivity index (χ0v) is 10.3. The van der Waals surface area contributed by atoms with Crippen LogP contribution in [-0.2, 0) is 6.42 Å². The van der Waals surface area contributed by atoms with Crippen molar-refractivity contribution >= 4 is 5.69 Å². The molecule has 2 unspecified atom stereocenters. The molecule has 0 radical (unpaired) electrons. The Hall–Kier alpha value is -1.02. The van der Waals surface area contributed by atoms with Gasteiger partial charge in [0, 0.05) is 24.3 Å². The van der Waals surface area contributed by atoms with Gasteiger partial charge in [0.2, 0.25) is 0 Å². The summed E-state index contributed by atoms with van der Waals surface area (Å²) in [6, 6.07) is 9.60. The Kier molecular flexibility index (Phi) is 3.49. The van der Waals surface area contributed by atoms with Crippen molar-refractivity contribution in [3.63, 3.8) is 0 Å². The van der Waals surface area contributed by atoms with Crippen LogP contribution in [0.25, 0.3) is 0 Å². The fourth-order valence-electron chi connectivity index (χ4n) is 2.60. The third kappa shape index (κ3) is 2.38. The molecule has 1 aromatic carbocycles. The van der Waals surface area contributed by atoms with Crippen molar-refractivity contribution in [1.29, 1.82) is 0 Å². The number of para-hydroxylation sites is 1. The van der Waals surface area contributed by atoms with E-state index in [0.29, 0.717) is 6.04 Å². The van der Waals surface area contributed by atoms with Crippen LogP contribution in [0.5, 0.6) is 0 Å². The molecule has 2 N–H and O–H groups in total. The van der Waals surface area contributed by atoms with Crippen LogP contribution in [0.1, 0.15) is 32.3 Å². The van der Waals surface area contributed by atoms with E-state index in [1.54, 1.807) is 0 Å². The summed E-state index contributed by atoms with van der Waals surface area (Å²) < 4.78 is 0. The fourth-order valence-corrected chi connectivity index (χ4v) is 2.60. The number of hydrogen-bond acceptors (Lipinski definition) is 2. The largest absolute Gasteiger partial charge is 0.369 e. The molecule has 0 amide bonds. The van der Waals surface area contributed by atoms with Gasteiger partial charge in [-0.2, -0.15) is 0 Å². The fraction of sp³-hybridized carbons (Fsp3) is 0.571. The molecular formula is C14H22N2. The van der Waals surface area contributed by atoms with Gasteiger partial charge in [-0.15, -0.1) is 0 Å². The molecule has 2 atom stereocenters. The van der Waals surface area contributed by atoms with E-state index in [1.807, 2.05) is 0 Å². The van der Waals surface area contributed by atoms with E-state index < -0.39 is 0 Å². The lowest BCUT2D eigenvalue weighted by atomic mass is 10.0. The van der Waals surface area contributed by atoms with Crippen molar-refractivity contribution in [3.8, 4) is 0 Å². The monoisotopic (exact) mass is 218 g/mol. The molecule has 1 heterocycles. The van der Waals surface area contributed by atoms with Crippen molar-refractivity contribution in [3.05, 3.63) is 29.8 Å². The second kappa shape index (κ2) is 4.88. The summed E-state index contributed by atoms with van der Waals surface area (Å²) in [4.78, 5) is 2.53. The van der Waals surface area contributed by atoms with Gasteiger partial charge in [0.1, 0.15) is 0 Å². The average molecular weight is 218 g/mol. The first-order valence-electron chi connectivity index (χ1n) is 6.28. The van der Waals surface area contributed by atoms with Crippen molar-refractivity contribution in [2.24, 2.45) is 5.73 Å². The van der Waals surface area contributed by atoms with Crippen LogP contribution < -0.4 is 10.6 Å². The highest BCUT2D eigenvalue weighted by Crippen LogP contribution is 2.28. The molecule has 16 heavy (non-hydrogen) atoms. The van der Waals surface area contributed by atoms with Gasteiger partial charge in [-0.1, -0.05) is 18.2 Å². The third-order valence-corrected chi connectivity index (χ3v) is 3.40. The van der Waals surface area contributed by atoms with Crippen molar-refractivity contribution in [2.75, 3.05) is 11.4 Å². The van der Waals surface area contributed by atoms with Gasteiger partial charge < -0.3 is 10.6 Å². The first-order valence-corrected chi connectivity index (χ1v) is 6.28. The summed E-state index contributed by atoms with van der Waals surface area (Å²) >= 11 is 0. The van der Waals surface area contributed by atoms with Crippen LogP contribution in [0, 0.1) is 0 Å². The summed E-state index contributed by atoms with van der Waals surface area (Å²) in [7, 11) is 0. The molecule has 1 aromatic rings. The van der Waals surface area contributed by atoms with Crippen LogP contribution >= 0.6 is 0 Å². The molecule has 2 nitrogen and oxygen atoms in total. The van der Waals surface area contributed by atoms with E-state index >= 15 is 0 Å². The third-order valence-electron chi connectivity index (χ3n) is 3.40. The van der Waals surface area contributed by atoms with Crippen LogP contribution in [0.3, 0.4) is 0 Å². The van der Waals surface area contributed by atoms with Crippen LogP contribution in [0.2, 0.25) is 0 Å². The minimum atomic E-state index is 0.235. The molecular weight excluding hydrogens is 196 g/mol. The molecule has 1 aliphatic heterocycles. The van der Waals surface area contributed by atoms with Crippen molar-refractivity contribution < 1.29 is 0 Å². The van der Waals surface area contributed by atoms with Gasteiger partial charge in [0.05, 0.1) is 0 Å². The number of benzene rings is 1. The maximum absolute atomic E-state index is 5.91. The smallest absolute Gasteiger partial charge is 0.0401 e. The van der Waals surface area contributed by atoms with E-state index in [4.69, 9.17) is 5.73 Å². The average Bonchev–Trinajstić information content (AvgIpc) is 2.64. The highest BCUT2D eigenvalue weighted by Gasteiger charge is 2.22. The molecule has 0 spiro atoms. The zero-order chi connectivity index (χ0) is 11.5. The molecule has 88 valence electrons. The van der Waals surface area contributed by atoms with E-state index in [0.717, 1.165) is 6.42 Å². The first kappa shape index (κ1) is 11.5. The topological polar surface area (TPSA) is 29.3 Å². The number of rotatable bonds is 3. The first-order chi connectivity index (χ1) is 7.68. The minimum Gasteiger partial charge on any atom is -0.369 e. The second-order valence-corrected chi connectivity index (χ2v) is 4.99. The number of anilines is 1. The quantitative estimate of drug-likeness (QED) is 0.845. The van der Waals surface area contributed by atoms with E-state index in [2.05, 4.69) is 43.0 Å². The Balaban J connectivity index is 2.25. The highest BCUT2D eigenvalue weighted by molar-refractivity contribution is 5.55. The molecule has 0 aliphatic carbocycles. The van der Waals surface area contributed by atoms with Crippen molar-refractivity contribution in [2.45, 2.75) is 45.2 Å². The minimum absolute atomic E-state index is 0.235. The summed E-state index contributed by atoms with van der Waals surface area (Å²) in [6.45, 7) is 5.58. The maximum Gasteiger partial charge on any atom is 0.0401 e. The summed E-state index contributed by atoms with van der Waals surface area (Å²) in [5.41, 5.74) is 8.70. The van der Waals surface area contributed by atoms with E-state index in [-0.39, 0.29) is 6.04 Å². The van der Waals surface area contributed by atoms with Crippen LogP contribution in [0.15, 0.2) is 24.3 Å². The van der Waals surface area contributed by atoms with Gasteiger partial charge in [-0.3, -0.25) is 0 Å². The molecule has 0 aromatic heterocycles. The Morgan fingerprint density at radius 3 is 2.81 bits per heavy atom. The van der Waals surface area contributed by atoms with E-state index in [9.17, 15) is 0 Å². The Bertz CT molecular complexity index is 346. The van der Waals surface area contributed by atoms with Gasteiger partial charge in [-0.25, -0.2) is 0 Å².